The van der Waals surface area contributed by atoms with E-state index in [0.717, 1.165) is 5.56 Å². The molecule has 2 aromatic carbocycles. The van der Waals surface area contributed by atoms with Gasteiger partial charge in [-0.1, -0.05) is 41.9 Å². The van der Waals surface area contributed by atoms with Crippen molar-refractivity contribution in [3.63, 3.8) is 0 Å². The Balaban J connectivity index is 2.35. The standard InChI is InChI=1S/C14H7ClO3/c15-12-10(14(17)18)6-5-8-7-3-1-2-4-9(7)13(16)11(8)12/h1-6H,(H,17,18). The van der Waals surface area contributed by atoms with Gasteiger partial charge in [-0.2, -0.15) is 0 Å². The Labute approximate surface area is 108 Å². The van der Waals surface area contributed by atoms with Crippen LogP contribution in [0.5, 0.6) is 0 Å². The number of hydrogen-bond acceptors (Lipinski definition) is 2. The minimum absolute atomic E-state index is 0.0150. The second kappa shape index (κ2) is 3.68. The maximum Gasteiger partial charge on any atom is 0.337 e. The Kier molecular flexibility index (Phi) is 2.25. The topological polar surface area (TPSA) is 54.4 Å². The number of ketones is 1. The van der Waals surface area contributed by atoms with E-state index in [9.17, 15) is 9.59 Å². The van der Waals surface area contributed by atoms with Gasteiger partial charge < -0.3 is 5.11 Å². The first kappa shape index (κ1) is 11.0. The third-order valence-electron chi connectivity index (χ3n) is 3.06. The molecule has 0 unspecified atom stereocenters. The van der Waals surface area contributed by atoms with E-state index in [-0.39, 0.29) is 21.9 Å². The molecule has 1 N–H and O–H groups in total. The summed E-state index contributed by atoms with van der Waals surface area (Å²) in [4.78, 5) is 23.2. The summed E-state index contributed by atoms with van der Waals surface area (Å²) in [6.45, 7) is 0. The molecule has 2 aromatic rings. The van der Waals surface area contributed by atoms with E-state index >= 15 is 0 Å². The van der Waals surface area contributed by atoms with Crippen molar-refractivity contribution in [2.24, 2.45) is 0 Å². The van der Waals surface area contributed by atoms with Gasteiger partial charge in [-0.3, -0.25) is 4.79 Å². The second-order valence-corrected chi connectivity index (χ2v) is 4.41. The first-order chi connectivity index (χ1) is 8.61. The Morgan fingerprint density at radius 2 is 1.67 bits per heavy atom. The molecule has 0 atom stereocenters. The van der Waals surface area contributed by atoms with Crippen LogP contribution in [0.25, 0.3) is 11.1 Å². The van der Waals surface area contributed by atoms with Crippen LogP contribution in [0.4, 0.5) is 0 Å². The largest absolute Gasteiger partial charge is 0.478 e. The Morgan fingerprint density at radius 1 is 1.00 bits per heavy atom. The number of hydrogen-bond donors (Lipinski definition) is 1. The van der Waals surface area contributed by atoms with E-state index in [2.05, 4.69) is 0 Å². The lowest BCUT2D eigenvalue weighted by atomic mass is 10.0. The van der Waals surface area contributed by atoms with E-state index in [1.807, 2.05) is 12.1 Å². The minimum atomic E-state index is -1.13. The molecule has 3 nitrogen and oxygen atoms in total. The molecule has 0 heterocycles. The quantitative estimate of drug-likeness (QED) is 0.729. The van der Waals surface area contributed by atoms with E-state index in [0.29, 0.717) is 11.1 Å². The number of rotatable bonds is 1. The molecule has 0 bridgehead atoms. The van der Waals surface area contributed by atoms with Gasteiger partial charge in [0.2, 0.25) is 0 Å². The fourth-order valence-corrected chi connectivity index (χ4v) is 2.57. The molecule has 0 saturated carbocycles. The molecule has 0 spiro atoms. The highest BCUT2D eigenvalue weighted by atomic mass is 35.5. The monoisotopic (exact) mass is 258 g/mol. The summed E-state index contributed by atoms with van der Waals surface area (Å²) in [5.41, 5.74) is 2.31. The fraction of sp³-hybridized carbons (Fsp3) is 0. The van der Waals surface area contributed by atoms with Crippen molar-refractivity contribution in [2.45, 2.75) is 0 Å². The number of carbonyl (C=O) groups is 2. The van der Waals surface area contributed by atoms with Crippen LogP contribution in [0.2, 0.25) is 5.02 Å². The molecule has 0 aliphatic heterocycles. The highest BCUT2D eigenvalue weighted by molar-refractivity contribution is 6.40. The van der Waals surface area contributed by atoms with Crippen LogP contribution in [-0.4, -0.2) is 16.9 Å². The molecule has 0 saturated heterocycles. The molecule has 0 radical (unpaired) electrons. The maximum absolute atomic E-state index is 12.2. The number of carbonyl (C=O) groups excluding carboxylic acids is 1. The van der Waals surface area contributed by atoms with Crippen molar-refractivity contribution < 1.29 is 14.7 Å². The smallest absolute Gasteiger partial charge is 0.337 e. The van der Waals surface area contributed by atoms with E-state index in [1.54, 1.807) is 18.2 Å². The predicted octanol–water partition coefficient (Wildman–Crippen LogP) is 3.25. The van der Waals surface area contributed by atoms with Crippen LogP contribution in [0.15, 0.2) is 36.4 Å². The predicted molar refractivity (Wildman–Crippen MR) is 67.3 cm³/mol. The number of halogens is 1. The van der Waals surface area contributed by atoms with Gasteiger partial charge >= 0.3 is 5.97 Å². The lowest BCUT2D eigenvalue weighted by molar-refractivity contribution is 0.0697. The van der Waals surface area contributed by atoms with Crippen molar-refractivity contribution in [3.8, 4) is 11.1 Å². The molecule has 88 valence electrons. The molecule has 18 heavy (non-hydrogen) atoms. The molecule has 3 rings (SSSR count). The molecule has 1 aliphatic rings. The lowest BCUT2D eigenvalue weighted by Gasteiger charge is -2.04. The Bertz CT molecular complexity index is 704. The van der Waals surface area contributed by atoms with Crippen molar-refractivity contribution >= 4 is 23.4 Å². The SMILES string of the molecule is O=C(O)c1ccc2c(c1Cl)C(=O)c1ccccc1-2. The van der Waals surface area contributed by atoms with Crippen molar-refractivity contribution in [2.75, 3.05) is 0 Å². The lowest BCUT2D eigenvalue weighted by Crippen LogP contribution is -2.03. The second-order valence-electron chi connectivity index (χ2n) is 4.03. The maximum atomic E-state index is 12.2. The highest BCUT2D eigenvalue weighted by Gasteiger charge is 2.30. The Hall–Kier alpha value is -2.13. The summed E-state index contributed by atoms with van der Waals surface area (Å²) in [7, 11) is 0. The number of benzene rings is 2. The van der Waals surface area contributed by atoms with Gasteiger partial charge in [0.05, 0.1) is 10.6 Å². The molecular formula is C14H7ClO3. The molecular weight excluding hydrogens is 252 g/mol. The van der Waals surface area contributed by atoms with Gasteiger partial charge in [-0.15, -0.1) is 0 Å². The van der Waals surface area contributed by atoms with E-state index in [4.69, 9.17) is 16.7 Å². The van der Waals surface area contributed by atoms with E-state index in [1.165, 1.54) is 6.07 Å². The third kappa shape index (κ3) is 1.31. The van der Waals surface area contributed by atoms with Crippen LogP contribution in [0.3, 0.4) is 0 Å². The zero-order valence-corrected chi connectivity index (χ0v) is 9.86. The van der Waals surface area contributed by atoms with Crippen LogP contribution >= 0.6 is 11.6 Å². The van der Waals surface area contributed by atoms with Gasteiger partial charge in [0.15, 0.2) is 5.78 Å². The molecule has 0 amide bonds. The van der Waals surface area contributed by atoms with Crippen molar-refractivity contribution in [3.05, 3.63) is 58.1 Å². The summed E-state index contributed by atoms with van der Waals surface area (Å²) >= 11 is 6.03. The third-order valence-corrected chi connectivity index (χ3v) is 3.45. The van der Waals surface area contributed by atoms with Gasteiger partial charge in [0.25, 0.3) is 0 Å². The first-order valence-electron chi connectivity index (χ1n) is 5.31. The number of carboxylic acid groups (broad SMARTS) is 1. The first-order valence-corrected chi connectivity index (χ1v) is 5.69. The molecule has 0 fully saturated rings. The van der Waals surface area contributed by atoms with Gasteiger partial charge in [-0.25, -0.2) is 4.79 Å². The average molecular weight is 259 g/mol. The number of aromatic carboxylic acids is 1. The summed E-state index contributed by atoms with van der Waals surface area (Å²) in [6.07, 6.45) is 0. The average Bonchev–Trinajstić information content (AvgIpc) is 2.65. The summed E-state index contributed by atoms with van der Waals surface area (Å²) in [6, 6.07) is 10.2. The Morgan fingerprint density at radius 3 is 2.33 bits per heavy atom. The summed E-state index contributed by atoms with van der Waals surface area (Å²) in [5, 5.41) is 9.02. The van der Waals surface area contributed by atoms with Crippen LogP contribution in [0.1, 0.15) is 26.3 Å². The van der Waals surface area contributed by atoms with Crippen LogP contribution < -0.4 is 0 Å². The fourth-order valence-electron chi connectivity index (χ4n) is 2.24. The zero-order valence-electron chi connectivity index (χ0n) is 9.11. The van der Waals surface area contributed by atoms with Crippen molar-refractivity contribution in [1.29, 1.82) is 0 Å². The minimum Gasteiger partial charge on any atom is -0.478 e. The van der Waals surface area contributed by atoms with Gasteiger partial charge in [-0.05, 0) is 17.2 Å². The van der Waals surface area contributed by atoms with Crippen molar-refractivity contribution in [1.82, 2.24) is 0 Å². The molecule has 4 heteroatoms. The number of carboxylic acids is 1. The van der Waals surface area contributed by atoms with Gasteiger partial charge in [0.1, 0.15) is 0 Å². The summed E-state index contributed by atoms with van der Waals surface area (Å²) in [5.74, 6) is -1.35. The molecule has 1 aliphatic carbocycles. The van der Waals surface area contributed by atoms with Crippen LogP contribution in [0, 0.1) is 0 Å². The van der Waals surface area contributed by atoms with Gasteiger partial charge in [0, 0.05) is 11.1 Å². The highest BCUT2D eigenvalue weighted by Crippen LogP contribution is 2.41. The number of fused-ring (bicyclic) bond motifs is 3. The zero-order chi connectivity index (χ0) is 12.9. The normalized spacial score (nSPS) is 12.2. The summed E-state index contributed by atoms with van der Waals surface area (Å²) < 4.78 is 0. The van der Waals surface area contributed by atoms with Crippen LogP contribution in [-0.2, 0) is 0 Å². The van der Waals surface area contributed by atoms with E-state index < -0.39 is 5.97 Å². The molecule has 0 aromatic heterocycles.